The van der Waals surface area contributed by atoms with Gasteiger partial charge in [0.05, 0.1) is 11.7 Å². The Morgan fingerprint density at radius 1 is 1.10 bits per heavy atom. The second kappa shape index (κ2) is 7.98. The van der Waals surface area contributed by atoms with Gasteiger partial charge in [0.2, 0.25) is 0 Å². The van der Waals surface area contributed by atoms with Crippen LogP contribution in [0, 0.1) is 0 Å². The van der Waals surface area contributed by atoms with Crippen LogP contribution >= 0.6 is 0 Å². The molecule has 3 heteroatoms. The summed E-state index contributed by atoms with van der Waals surface area (Å²) in [6.07, 6.45) is 12.3. The molecule has 1 aliphatic carbocycles. The number of hydrogen-bond acceptors (Lipinski definition) is 2. The molecule has 1 heterocycles. The maximum atomic E-state index is 6.23. The topological polar surface area (TPSA) is 43.8 Å². The summed E-state index contributed by atoms with van der Waals surface area (Å²) in [6.45, 7) is 6.67. The van der Waals surface area contributed by atoms with Gasteiger partial charge in [-0.3, -0.25) is 4.68 Å². The predicted molar refractivity (Wildman–Crippen MR) is 89.7 cm³/mol. The number of hydrogen-bond donors (Lipinski definition) is 1. The minimum absolute atomic E-state index is 0.271. The molecule has 0 radical (unpaired) electrons. The van der Waals surface area contributed by atoms with Crippen molar-refractivity contribution in [1.29, 1.82) is 0 Å². The molecular weight excluding hydrogens is 258 g/mol. The fourth-order valence-corrected chi connectivity index (χ4v) is 3.66. The van der Waals surface area contributed by atoms with Gasteiger partial charge in [-0.1, -0.05) is 46.5 Å². The fourth-order valence-electron chi connectivity index (χ4n) is 3.66. The van der Waals surface area contributed by atoms with Crippen LogP contribution in [-0.2, 0) is 19.3 Å². The summed E-state index contributed by atoms with van der Waals surface area (Å²) in [5, 5.41) is 5.01. The highest BCUT2D eigenvalue weighted by atomic mass is 15.3. The molecule has 1 saturated carbocycles. The maximum absolute atomic E-state index is 6.23. The van der Waals surface area contributed by atoms with E-state index in [9.17, 15) is 0 Å². The number of aromatic nitrogens is 2. The molecule has 2 rings (SSSR count). The third kappa shape index (κ3) is 3.88. The first-order valence-corrected chi connectivity index (χ1v) is 9.05. The second-order valence-corrected chi connectivity index (χ2v) is 6.54. The number of nitrogens with zero attached hydrogens (tertiary/aromatic N) is 2. The van der Waals surface area contributed by atoms with Gasteiger partial charge in [-0.2, -0.15) is 5.10 Å². The standard InChI is InChI=1S/C18H33N3/c1-4-14(19)13-16-17(5-2)20-21(18(16)6-3)15-11-9-7-8-10-12-15/h14-15H,4-13,19H2,1-3H3. The van der Waals surface area contributed by atoms with E-state index in [2.05, 4.69) is 25.5 Å². The van der Waals surface area contributed by atoms with E-state index >= 15 is 0 Å². The maximum Gasteiger partial charge on any atom is 0.0657 e. The average molecular weight is 291 g/mol. The quantitative estimate of drug-likeness (QED) is 0.799. The molecule has 0 amide bonds. The lowest BCUT2D eigenvalue weighted by Gasteiger charge is -2.18. The molecule has 0 spiro atoms. The predicted octanol–water partition coefficient (Wildman–Crippen LogP) is 4.18. The van der Waals surface area contributed by atoms with E-state index in [1.807, 2.05) is 0 Å². The van der Waals surface area contributed by atoms with Crippen molar-refractivity contribution in [3.8, 4) is 0 Å². The molecule has 0 bridgehead atoms. The van der Waals surface area contributed by atoms with Crippen LogP contribution in [0.25, 0.3) is 0 Å². The molecule has 1 aliphatic rings. The zero-order valence-corrected chi connectivity index (χ0v) is 14.2. The van der Waals surface area contributed by atoms with E-state index in [1.165, 1.54) is 55.5 Å². The molecule has 0 aromatic carbocycles. The van der Waals surface area contributed by atoms with Crippen molar-refractivity contribution >= 4 is 0 Å². The Kier molecular flexibility index (Phi) is 6.28. The fraction of sp³-hybridized carbons (Fsp3) is 0.833. The monoisotopic (exact) mass is 291 g/mol. The van der Waals surface area contributed by atoms with E-state index in [4.69, 9.17) is 10.8 Å². The van der Waals surface area contributed by atoms with Crippen LogP contribution in [0.3, 0.4) is 0 Å². The highest BCUT2D eigenvalue weighted by molar-refractivity contribution is 5.28. The number of aryl methyl sites for hydroxylation is 1. The molecule has 120 valence electrons. The highest BCUT2D eigenvalue weighted by Gasteiger charge is 2.23. The molecule has 21 heavy (non-hydrogen) atoms. The Morgan fingerprint density at radius 3 is 2.29 bits per heavy atom. The normalized spacial score (nSPS) is 18.7. The zero-order chi connectivity index (χ0) is 15.2. The van der Waals surface area contributed by atoms with E-state index in [0.717, 1.165) is 25.7 Å². The van der Waals surface area contributed by atoms with Crippen molar-refractivity contribution in [2.45, 2.75) is 97.1 Å². The van der Waals surface area contributed by atoms with E-state index < -0.39 is 0 Å². The Bertz CT molecular complexity index is 428. The van der Waals surface area contributed by atoms with Crippen molar-refractivity contribution in [2.75, 3.05) is 0 Å². The van der Waals surface area contributed by atoms with Gasteiger partial charge < -0.3 is 5.73 Å². The molecule has 0 saturated heterocycles. The first kappa shape index (κ1) is 16.5. The Labute approximate surface area is 130 Å². The van der Waals surface area contributed by atoms with Crippen molar-refractivity contribution in [1.82, 2.24) is 9.78 Å². The van der Waals surface area contributed by atoms with Gasteiger partial charge in [-0.25, -0.2) is 0 Å². The second-order valence-electron chi connectivity index (χ2n) is 6.54. The van der Waals surface area contributed by atoms with Crippen molar-refractivity contribution in [3.63, 3.8) is 0 Å². The smallest absolute Gasteiger partial charge is 0.0657 e. The van der Waals surface area contributed by atoms with E-state index in [-0.39, 0.29) is 6.04 Å². The summed E-state index contributed by atoms with van der Waals surface area (Å²) < 4.78 is 2.39. The van der Waals surface area contributed by atoms with Crippen LogP contribution in [0.4, 0.5) is 0 Å². The Morgan fingerprint density at radius 2 is 1.76 bits per heavy atom. The SMILES string of the molecule is CCc1nn(C2CCCCCC2)c(CC)c1CC(N)CC. The molecule has 1 aromatic heterocycles. The lowest BCUT2D eigenvalue weighted by Crippen LogP contribution is -2.22. The minimum Gasteiger partial charge on any atom is -0.327 e. The molecule has 1 aromatic rings. The first-order chi connectivity index (χ1) is 10.2. The zero-order valence-electron chi connectivity index (χ0n) is 14.2. The van der Waals surface area contributed by atoms with Crippen molar-refractivity contribution < 1.29 is 0 Å². The van der Waals surface area contributed by atoms with E-state index in [0.29, 0.717) is 6.04 Å². The van der Waals surface area contributed by atoms with Crippen LogP contribution < -0.4 is 5.73 Å². The van der Waals surface area contributed by atoms with Gasteiger partial charge in [-0.05, 0) is 44.1 Å². The molecular formula is C18H33N3. The van der Waals surface area contributed by atoms with Crippen LogP contribution in [-0.4, -0.2) is 15.8 Å². The van der Waals surface area contributed by atoms with Crippen LogP contribution in [0.5, 0.6) is 0 Å². The van der Waals surface area contributed by atoms with Gasteiger partial charge in [0, 0.05) is 11.7 Å². The van der Waals surface area contributed by atoms with Crippen LogP contribution in [0.15, 0.2) is 0 Å². The largest absolute Gasteiger partial charge is 0.327 e. The van der Waals surface area contributed by atoms with Gasteiger partial charge in [-0.15, -0.1) is 0 Å². The summed E-state index contributed by atoms with van der Waals surface area (Å²) in [4.78, 5) is 0. The number of rotatable bonds is 6. The molecule has 0 aliphatic heterocycles. The first-order valence-electron chi connectivity index (χ1n) is 9.05. The average Bonchev–Trinajstić information content (AvgIpc) is 2.68. The Hall–Kier alpha value is -0.830. The summed E-state index contributed by atoms with van der Waals surface area (Å²) in [7, 11) is 0. The lowest BCUT2D eigenvalue weighted by molar-refractivity contribution is 0.391. The number of nitrogens with two attached hydrogens (primary N) is 1. The van der Waals surface area contributed by atoms with Gasteiger partial charge in [0.15, 0.2) is 0 Å². The summed E-state index contributed by atoms with van der Waals surface area (Å²) in [5.74, 6) is 0. The lowest BCUT2D eigenvalue weighted by atomic mass is 9.99. The highest BCUT2D eigenvalue weighted by Crippen LogP contribution is 2.30. The van der Waals surface area contributed by atoms with Gasteiger partial charge >= 0.3 is 0 Å². The molecule has 1 fully saturated rings. The summed E-state index contributed by atoms with van der Waals surface area (Å²) in [5.41, 5.74) is 10.4. The molecule has 1 unspecified atom stereocenters. The van der Waals surface area contributed by atoms with Crippen molar-refractivity contribution in [3.05, 3.63) is 17.0 Å². The van der Waals surface area contributed by atoms with E-state index in [1.54, 1.807) is 0 Å². The Balaban J connectivity index is 2.31. The van der Waals surface area contributed by atoms with Crippen molar-refractivity contribution in [2.24, 2.45) is 5.73 Å². The summed E-state index contributed by atoms with van der Waals surface area (Å²) in [6, 6.07) is 0.895. The molecule has 2 N–H and O–H groups in total. The minimum atomic E-state index is 0.271. The summed E-state index contributed by atoms with van der Waals surface area (Å²) >= 11 is 0. The third-order valence-corrected chi connectivity index (χ3v) is 5.03. The van der Waals surface area contributed by atoms with Crippen LogP contribution in [0.2, 0.25) is 0 Å². The molecule has 1 atom stereocenters. The van der Waals surface area contributed by atoms with Crippen LogP contribution in [0.1, 0.15) is 88.7 Å². The van der Waals surface area contributed by atoms with Gasteiger partial charge in [0.1, 0.15) is 0 Å². The third-order valence-electron chi connectivity index (χ3n) is 5.03. The molecule has 3 nitrogen and oxygen atoms in total. The van der Waals surface area contributed by atoms with Gasteiger partial charge in [0.25, 0.3) is 0 Å².